The molecule has 2 aromatic rings. The maximum Gasteiger partial charge on any atom is 0.251 e. The first-order valence-corrected chi connectivity index (χ1v) is 10.0. The van der Waals surface area contributed by atoms with Gasteiger partial charge < -0.3 is 20.1 Å². The molecular formula is C23H27FN2O4. The Morgan fingerprint density at radius 2 is 1.90 bits per heavy atom. The predicted molar refractivity (Wildman–Crippen MR) is 111 cm³/mol. The van der Waals surface area contributed by atoms with Crippen LogP contribution in [0.4, 0.5) is 4.39 Å². The number of halogens is 1. The van der Waals surface area contributed by atoms with Gasteiger partial charge in [-0.1, -0.05) is 31.5 Å². The highest BCUT2D eigenvalue weighted by Crippen LogP contribution is 2.29. The van der Waals surface area contributed by atoms with Crippen molar-refractivity contribution in [1.82, 2.24) is 10.6 Å². The van der Waals surface area contributed by atoms with Crippen molar-refractivity contribution >= 4 is 11.8 Å². The minimum Gasteiger partial charge on any atom is -0.467 e. The highest BCUT2D eigenvalue weighted by Gasteiger charge is 2.25. The Morgan fingerprint density at radius 3 is 2.60 bits per heavy atom. The second-order valence-electron chi connectivity index (χ2n) is 7.77. The summed E-state index contributed by atoms with van der Waals surface area (Å²) in [5.41, 5.74) is 2.90. The molecule has 0 aromatic heterocycles. The van der Waals surface area contributed by atoms with Crippen LogP contribution in [0.5, 0.6) is 5.75 Å². The van der Waals surface area contributed by atoms with E-state index in [1.54, 1.807) is 12.1 Å². The van der Waals surface area contributed by atoms with E-state index in [9.17, 15) is 14.0 Å². The molecule has 1 atom stereocenters. The lowest BCUT2D eigenvalue weighted by Gasteiger charge is -2.23. The fourth-order valence-electron chi connectivity index (χ4n) is 3.34. The van der Waals surface area contributed by atoms with Gasteiger partial charge in [-0.3, -0.25) is 9.59 Å². The number of nitrogens with one attached hydrogen (secondary N) is 2. The molecule has 2 aromatic carbocycles. The number of rotatable bonds is 7. The van der Waals surface area contributed by atoms with Crippen LogP contribution in [0.3, 0.4) is 0 Å². The molecule has 0 aliphatic carbocycles. The quantitative estimate of drug-likeness (QED) is 0.730. The summed E-state index contributed by atoms with van der Waals surface area (Å²) in [5, 5.41) is 5.65. The van der Waals surface area contributed by atoms with Crippen molar-refractivity contribution in [3.63, 3.8) is 0 Å². The van der Waals surface area contributed by atoms with Gasteiger partial charge in [-0.05, 0) is 49.1 Å². The SMILES string of the molecule is Cc1ccc(C(=O)NC(C(=O)NCCc2cc(F)cc3c2OCOC3)C(C)C)cc1. The Hall–Kier alpha value is -2.93. The molecule has 0 radical (unpaired) electrons. The molecule has 3 rings (SSSR count). The number of hydrogen-bond donors (Lipinski definition) is 2. The summed E-state index contributed by atoms with van der Waals surface area (Å²) in [7, 11) is 0. The van der Waals surface area contributed by atoms with E-state index in [-0.39, 0.29) is 30.3 Å². The Bertz CT molecular complexity index is 912. The van der Waals surface area contributed by atoms with Crippen LogP contribution in [-0.2, 0) is 22.6 Å². The van der Waals surface area contributed by atoms with Crippen molar-refractivity contribution in [2.24, 2.45) is 5.92 Å². The number of benzene rings is 2. The predicted octanol–water partition coefficient (Wildman–Crippen LogP) is 3.11. The normalized spacial score (nSPS) is 13.9. The molecule has 1 aliphatic rings. The lowest BCUT2D eigenvalue weighted by atomic mass is 10.0. The van der Waals surface area contributed by atoms with Crippen LogP contribution in [0.15, 0.2) is 36.4 Å². The van der Waals surface area contributed by atoms with Crippen LogP contribution in [0, 0.1) is 18.7 Å². The number of ether oxygens (including phenoxy) is 2. The summed E-state index contributed by atoms with van der Waals surface area (Å²) >= 11 is 0. The maximum atomic E-state index is 13.9. The molecule has 0 spiro atoms. The smallest absolute Gasteiger partial charge is 0.251 e. The van der Waals surface area contributed by atoms with Crippen molar-refractivity contribution in [2.75, 3.05) is 13.3 Å². The minimum absolute atomic E-state index is 0.0955. The Morgan fingerprint density at radius 1 is 1.17 bits per heavy atom. The van der Waals surface area contributed by atoms with Gasteiger partial charge in [-0.2, -0.15) is 0 Å². The molecule has 160 valence electrons. The van der Waals surface area contributed by atoms with Crippen LogP contribution in [0.25, 0.3) is 0 Å². The fraction of sp³-hybridized carbons (Fsp3) is 0.391. The summed E-state index contributed by atoms with van der Waals surface area (Å²) in [6, 6.07) is 9.30. The third kappa shape index (κ3) is 5.36. The van der Waals surface area contributed by atoms with Crippen molar-refractivity contribution in [1.29, 1.82) is 0 Å². The number of carbonyl (C=O) groups is 2. The minimum atomic E-state index is -0.676. The second kappa shape index (κ2) is 9.71. The van der Waals surface area contributed by atoms with Gasteiger partial charge in [0.2, 0.25) is 5.91 Å². The lowest BCUT2D eigenvalue weighted by Crippen LogP contribution is -2.50. The van der Waals surface area contributed by atoms with Crippen LogP contribution in [0.1, 0.15) is 40.9 Å². The van der Waals surface area contributed by atoms with Crippen molar-refractivity contribution < 1.29 is 23.5 Å². The maximum absolute atomic E-state index is 13.9. The molecule has 1 unspecified atom stereocenters. The van der Waals surface area contributed by atoms with Crippen molar-refractivity contribution in [2.45, 2.75) is 39.8 Å². The van der Waals surface area contributed by atoms with Crippen LogP contribution < -0.4 is 15.4 Å². The number of aryl methyl sites for hydroxylation is 1. The van der Waals surface area contributed by atoms with E-state index < -0.39 is 6.04 Å². The second-order valence-corrected chi connectivity index (χ2v) is 7.77. The first-order chi connectivity index (χ1) is 14.3. The zero-order valence-electron chi connectivity index (χ0n) is 17.5. The standard InChI is InChI=1S/C23H27FN2O4/c1-14(2)20(26-22(27)16-6-4-15(3)5-7-16)23(28)25-9-8-17-10-19(24)11-18-12-29-13-30-21(17)18/h4-7,10-11,14,20H,8-9,12-13H2,1-3H3,(H,25,28)(H,26,27). The van der Waals surface area contributed by atoms with Gasteiger partial charge in [-0.25, -0.2) is 4.39 Å². The summed E-state index contributed by atoms with van der Waals surface area (Å²) < 4.78 is 24.6. The van der Waals surface area contributed by atoms with Gasteiger partial charge in [-0.15, -0.1) is 0 Å². The summed E-state index contributed by atoms with van der Waals surface area (Å²) in [4.78, 5) is 25.2. The first-order valence-electron chi connectivity index (χ1n) is 10.0. The third-order valence-electron chi connectivity index (χ3n) is 4.99. The molecule has 7 heteroatoms. The molecule has 2 amide bonds. The highest BCUT2D eigenvalue weighted by molar-refractivity contribution is 5.97. The molecule has 0 fully saturated rings. The van der Waals surface area contributed by atoms with Gasteiger partial charge in [0, 0.05) is 17.7 Å². The van der Waals surface area contributed by atoms with E-state index in [2.05, 4.69) is 10.6 Å². The van der Waals surface area contributed by atoms with E-state index in [1.165, 1.54) is 12.1 Å². The van der Waals surface area contributed by atoms with Crippen LogP contribution >= 0.6 is 0 Å². The van der Waals surface area contributed by atoms with Crippen LogP contribution in [-0.4, -0.2) is 31.2 Å². The molecule has 0 saturated carbocycles. The van der Waals surface area contributed by atoms with E-state index in [4.69, 9.17) is 9.47 Å². The number of amides is 2. The van der Waals surface area contributed by atoms with Crippen molar-refractivity contribution in [3.05, 3.63) is 64.5 Å². The van der Waals surface area contributed by atoms with Gasteiger partial charge in [0.25, 0.3) is 5.91 Å². The Kier molecular flexibility index (Phi) is 7.05. The monoisotopic (exact) mass is 414 g/mol. The van der Waals surface area contributed by atoms with E-state index in [1.807, 2.05) is 32.9 Å². The Labute approximate surface area is 175 Å². The van der Waals surface area contributed by atoms with E-state index >= 15 is 0 Å². The Balaban J connectivity index is 1.60. The number of carbonyl (C=O) groups excluding carboxylic acids is 2. The third-order valence-corrected chi connectivity index (χ3v) is 4.99. The molecule has 0 bridgehead atoms. The molecule has 1 heterocycles. The highest BCUT2D eigenvalue weighted by atomic mass is 19.1. The number of hydrogen-bond acceptors (Lipinski definition) is 4. The number of fused-ring (bicyclic) bond motifs is 1. The molecule has 0 saturated heterocycles. The zero-order chi connectivity index (χ0) is 21.7. The average molecular weight is 414 g/mol. The largest absolute Gasteiger partial charge is 0.467 e. The summed E-state index contributed by atoms with van der Waals surface area (Å²) in [6.45, 7) is 6.40. The van der Waals surface area contributed by atoms with Gasteiger partial charge in [0.1, 0.15) is 17.6 Å². The molecule has 2 N–H and O–H groups in total. The summed E-state index contributed by atoms with van der Waals surface area (Å²) in [5.74, 6) is -0.419. The molecular weight excluding hydrogens is 387 g/mol. The van der Waals surface area contributed by atoms with Gasteiger partial charge in [0.15, 0.2) is 6.79 Å². The van der Waals surface area contributed by atoms with Crippen LogP contribution in [0.2, 0.25) is 0 Å². The molecule has 30 heavy (non-hydrogen) atoms. The molecule has 6 nitrogen and oxygen atoms in total. The zero-order valence-corrected chi connectivity index (χ0v) is 17.5. The lowest BCUT2D eigenvalue weighted by molar-refractivity contribution is -0.123. The van der Waals surface area contributed by atoms with E-state index in [0.29, 0.717) is 42.0 Å². The van der Waals surface area contributed by atoms with E-state index in [0.717, 1.165) is 5.56 Å². The van der Waals surface area contributed by atoms with Crippen molar-refractivity contribution in [3.8, 4) is 5.75 Å². The average Bonchev–Trinajstić information content (AvgIpc) is 2.71. The fourth-order valence-corrected chi connectivity index (χ4v) is 3.34. The topological polar surface area (TPSA) is 76.7 Å². The molecule has 1 aliphatic heterocycles. The van der Waals surface area contributed by atoms with Gasteiger partial charge in [0.05, 0.1) is 6.61 Å². The summed E-state index contributed by atoms with van der Waals surface area (Å²) in [6.07, 6.45) is 0.405. The first kappa shape index (κ1) is 21.8. The van der Waals surface area contributed by atoms with Gasteiger partial charge >= 0.3 is 0 Å².